The predicted octanol–water partition coefficient (Wildman–Crippen LogP) is 2.67. The number of amides is 3. The standard InChI is InChI=1S/C23H24ClIN4O6/c1-2-34-19-11-15(10-18(25)21(19)35-14-20(30)29-6-8-33-9-7-29)13-26-28-23(32)22(31)27-17-5-3-4-16(24)12-17/h3-5,10-13H,2,6-9,14H2,1H3,(H,27,31)(H,28,32)/b26-13-. The van der Waals surface area contributed by atoms with E-state index in [1.807, 2.05) is 6.92 Å². The highest BCUT2D eigenvalue weighted by atomic mass is 127. The molecule has 0 bridgehead atoms. The first-order valence-corrected chi connectivity index (χ1v) is 12.2. The number of benzene rings is 2. The molecule has 0 atom stereocenters. The van der Waals surface area contributed by atoms with E-state index in [4.69, 9.17) is 25.8 Å². The van der Waals surface area contributed by atoms with Crippen molar-refractivity contribution in [1.29, 1.82) is 0 Å². The second-order valence-electron chi connectivity index (χ2n) is 7.21. The molecule has 0 unspecified atom stereocenters. The molecule has 0 radical (unpaired) electrons. The lowest BCUT2D eigenvalue weighted by molar-refractivity contribution is -0.137. The molecule has 10 nitrogen and oxygen atoms in total. The van der Waals surface area contributed by atoms with Crippen molar-refractivity contribution in [3.8, 4) is 11.5 Å². The van der Waals surface area contributed by atoms with Gasteiger partial charge in [0.15, 0.2) is 18.1 Å². The molecule has 1 saturated heterocycles. The van der Waals surface area contributed by atoms with E-state index in [0.29, 0.717) is 64.3 Å². The largest absolute Gasteiger partial charge is 0.490 e. The molecule has 0 spiro atoms. The fourth-order valence-corrected chi connectivity index (χ4v) is 4.05. The van der Waals surface area contributed by atoms with Crippen LogP contribution in [0.4, 0.5) is 5.69 Å². The Morgan fingerprint density at radius 3 is 2.66 bits per heavy atom. The molecule has 3 amide bonds. The van der Waals surface area contributed by atoms with E-state index >= 15 is 0 Å². The summed E-state index contributed by atoms with van der Waals surface area (Å²) < 4.78 is 17.4. The summed E-state index contributed by atoms with van der Waals surface area (Å²) in [5, 5.41) is 6.71. The van der Waals surface area contributed by atoms with Gasteiger partial charge in [0.05, 0.1) is 29.6 Å². The highest BCUT2D eigenvalue weighted by molar-refractivity contribution is 14.1. The fourth-order valence-electron chi connectivity index (χ4n) is 3.07. The average molecular weight is 615 g/mol. The maximum atomic E-state index is 12.4. The number of hydrogen-bond acceptors (Lipinski definition) is 7. The molecule has 12 heteroatoms. The van der Waals surface area contributed by atoms with Crippen LogP contribution in [0.5, 0.6) is 11.5 Å². The number of nitrogens with zero attached hydrogens (tertiary/aromatic N) is 2. The second kappa shape index (κ2) is 13.3. The number of rotatable bonds is 8. The zero-order valence-electron chi connectivity index (χ0n) is 18.9. The van der Waals surface area contributed by atoms with Gasteiger partial charge in [-0.05, 0) is 65.4 Å². The van der Waals surface area contributed by atoms with Crippen molar-refractivity contribution >= 4 is 63.8 Å². The first kappa shape index (κ1) is 26.7. The van der Waals surface area contributed by atoms with Crippen molar-refractivity contribution in [2.75, 3.05) is 44.8 Å². The molecule has 0 aliphatic carbocycles. The van der Waals surface area contributed by atoms with E-state index in [0.717, 1.165) is 0 Å². The van der Waals surface area contributed by atoms with Gasteiger partial charge in [-0.1, -0.05) is 17.7 Å². The Morgan fingerprint density at radius 2 is 1.94 bits per heavy atom. The maximum absolute atomic E-state index is 12.4. The Morgan fingerprint density at radius 1 is 1.17 bits per heavy atom. The number of hydrazone groups is 1. The minimum Gasteiger partial charge on any atom is -0.490 e. The molecule has 2 aromatic rings. The molecule has 2 aromatic carbocycles. The molecule has 0 aromatic heterocycles. The molecule has 1 aliphatic heterocycles. The predicted molar refractivity (Wildman–Crippen MR) is 139 cm³/mol. The Labute approximate surface area is 221 Å². The molecular formula is C23H24ClIN4O6. The number of hydrogen-bond donors (Lipinski definition) is 2. The molecule has 186 valence electrons. The van der Waals surface area contributed by atoms with Crippen molar-refractivity contribution in [2.24, 2.45) is 5.10 Å². The highest BCUT2D eigenvalue weighted by Crippen LogP contribution is 2.34. The topological polar surface area (TPSA) is 119 Å². The summed E-state index contributed by atoms with van der Waals surface area (Å²) in [6.07, 6.45) is 1.37. The Hall–Kier alpha value is -2.90. The molecular weight excluding hydrogens is 591 g/mol. The zero-order valence-corrected chi connectivity index (χ0v) is 21.8. The average Bonchev–Trinajstić information content (AvgIpc) is 2.84. The lowest BCUT2D eigenvalue weighted by Gasteiger charge is -2.27. The van der Waals surface area contributed by atoms with Gasteiger partial charge in [-0.25, -0.2) is 5.43 Å². The maximum Gasteiger partial charge on any atom is 0.329 e. The van der Waals surface area contributed by atoms with Crippen molar-refractivity contribution in [3.63, 3.8) is 0 Å². The molecule has 2 N–H and O–H groups in total. The summed E-state index contributed by atoms with van der Waals surface area (Å²) in [5.41, 5.74) is 3.16. The van der Waals surface area contributed by atoms with Crippen LogP contribution in [0, 0.1) is 3.57 Å². The number of morpholine rings is 1. The van der Waals surface area contributed by atoms with E-state index in [1.165, 1.54) is 12.3 Å². The van der Waals surface area contributed by atoms with Crippen LogP contribution in [0.1, 0.15) is 12.5 Å². The number of halogens is 2. The van der Waals surface area contributed by atoms with Gasteiger partial charge in [-0.3, -0.25) is 14.4 Å². The van der Waals surface area contributed by atoms with E-state index in [9.17, 15) is 14.4 Å². The van der Waals surface area contributed by atoms with Crippen LogP contribution >= 0.6 is 34.2 Å². The van der Waals surface area contributed by atoms with Crippen LogP contribution in [0.3, 0.4) is 0 Å². The van der Waals surface area contributed by atoms with Gasteiger partial charge in [-0.2, -0.15) is 5.10 Å². The SMILES string of the molecule is CCOc1cc(/C=N\NC(=O)C(=O)Nc2cccc(Cl)c2)cc(I)c1OCC(=O)N1CCOCC1. The number of carbonyl (C=O) groups excluding carboxylic acids is 3. The molecule has 35 heavy (non-hydrogen) atoms. The minimum absolute atomic E-state index is 0.124. The number of carbonyl (C=O) groups is 3. The molecule has 0 saturated carbocycles. The Kier molecular flexibility index (Phi) is 10.1. The molecule has 3 rings (SSSR count). The highest BCUT2D eigenvalue weighted by Gasteiger charge is 2.19. The monoisotopic (exact) mass is 614 g/mol. The van der Waals surface area contributed by atoms with Crippen molar-refractivity contribution in [3.05, 3.63) is 50.6 Å². The van der Waals surface area contributed by atoms with Crippen LogP contribution < -0.4 is 20.2 Å². The summed E-state index contributed by atoms with van der Waals surface area (Å²) in [6, 6.07) is 9.84. The normalized spacial score (nSPS) is 13.4. The smallest absolute Gasteiger partial charge is 0.329 e. The summed E-state index contributed by atoms with van der Waals surface area (Å²) >= 11 is 7.94. The summed E-state index contributed by atoms with van der Waals surface area (Å²) in [5.74, 6) is -1.09. The molecule has 1 aliphatic rings. The minimum atomic E-state index is -0.942. The number of nitrogens with one attached hydrogen (secondary N) is 2. The Balaban J connectivity index is 1.61. The van der Waals surface area contributed by atoms with Crippen molar-refractivity contribution in [1.82, 2.24) is 10.3 Å². The third-order valence-corrected chi connectivity index (χ3v) is 5.74. The van der Waals surface area contributed by atoms with Crippen molar-refractivity contribution < 1.29 is 28.6 Å². The van der Waals surface area contributed by atoms with Crippen LogP contribution in [-0.2, 0) is 19.1 Å². The fraction of sp³-hybridized carbons (Fsp3) is 0.304. The van der Waals surface area contributed by atoms with Gasteiger partial charge in [-0.15, -0.1) is 0 Å². The van der Waals surface area contributed by atoms with Crippen molar-refractivity contribution in [2.45, 2.75) is 6.92 Å². The molecule has 1 fully saturated rings. The lowest BCUT2D eigenvalue weighted by Crippen LogP contribution is -2.43. The zero-order chi connectivity index (χ0) is 25.2. The van der Waals surface area contributed by atoms with Crippen LogP contribution in [-0.4, -0.2) is 68.4 Å². The quantitative estimate of drug-likeness (QED) is 0.204. The lowest BCUT2D eigenvalue weighted by atomic mass is 10.2. The third-order valence-electron chi connectivity index (χ3n) is 4.70. The second-order valence-corrected chi connectivity index (χ2v) is 8.81. The van der Waals surface area contributed by atoms with Gasteiger partial charge in [0.2, 0.25) is 0 Å². The van der Waals surface area contributed by atoms with Crippen LogP contribution in [0.15, 0.2) is 41.5 Å². The van der Waals surface area contributed by atoms with Gasteiger partial charge >= 0.3 is 11.8 Å². The number of ether oxygens (including phenoxy) is 3. The number of anilines is 1. The van der Waals surface area contributed by atoms with E-state index < -0.39 is 11.8 Å². The van der Waals surface area contributed by atoms with Gasteiger partial charge < -0.3 is 24.4 Å². The van der Waals surface area contributed by atoms with Gasteiger partial charge in [0.25, 0.3) is 5.91 Å². The van der Waals surface area contributed by atoms with E-state index in [1.54, 1.807) is 35.2 Å². The van der Waals surface area contributed by atoms with Gasteiger partial charge in [0.1, 0.15) is 0 Å². The Bertz CT molecular complexity index is 1110. The van der Waals surface area contributed by atoms with Crippen LogP contribution in [0.25, 0.3) is 0 Å². The van der Waals surface area contributed by atoms with Gasteiger partial charge in [0, 0.05) is 23.8 Å². The first-order valence-electron chi connectivity index (χ1n) is 10.7. The first-order chi connectivity index (χ1) is 16.9. The van der Waals surface area contributed by atoms with E-state index in [2.05, 4.69) is 38.4 Å². The third kappa shape index (κ3) is 8.08. The van der Waals surface area contributed by atoms with Crippen LogP contribution in [0.2, 0.25) is 5.02 Å². The summed E-state index contributed by atoms with van der Waals surface area (Å²) in [7, 11) is 0. The molecule has 1 heterocycles. The van der Waals surface area contributed by atoms with E-state index in [-0.39, 0.29) is 12.5 Å². The summed E-state index contributed by atoms with van der Waals surface area (Å²) in [4.78, 5) is 38.2. The summed E-state index contributed by atoms with van der Waals surface area (Å²) in [6.45, 7) is 4.19.